The van der Waals surface area contributed by atoms with Gasteiger partial charge in [-0.1, -0.05) is 6.92 Å². The lowest BCUT2D eigenvalue weighted by Crippen LogP contribution is -2.52. The van der Waals surface area contributed by atoms with E-state index in [9.17, 15) is 4.79 Å². The number of rotatable bonds is 3. The fraction of sp³-hybridized carbons (Fsp3) is 0.650. The van der Waals surface area contributed by atoms with Crippen molar-refractivity contribution in [2.75, 3.05) is 31.1 Å². The molecule has 2 aliphatic heterocycles. The molecule has 0 spiro atoms. The lowest BCUT2D eigenvalue weighted by atomic mass is 9.92. The second-order valence-electron chi connectivity index (χ2n) is 8.01. The Morgan fingerprint density at radius 1 is 1.26 bits per heavy atom. The quantitative estimate of drug-likeness (QED) is 0.847. The molecule has 2 fully saturated rings. The predicted molar refractivity (Wildman–Crippen MR) is 110 cm³/mol. The van der Waals surface area contributed by atoms with Gasteiger partial charge in [0.1, 0.15) is 17.0 Å². The van der Waals surface area contributed by atoms with Gasteiger partial charge in [0.15, 0.2) is 0 Å². The van der Waals surface area contributed by atoms with E-state index < -0.39 is 0 Å². The first-order chi connectivity index (χ1) is 13.0. The standard InChI is InChI=1S/C20H29N5OS/c1-12-4-7-21-10-16(12)24-19(26)15-5-8-25(9-6-15)18-17-13(2)14(3)27-20(17)23-11-22-18/h11-12,15-16,21H,4-10H2,1-3H3,(H,24,26). The Bertz CT molecular complexity index is 827. The molecule has 2 atom stereocenters. The molecule has 0 aliphatic carbocycles. The Balaban J connectivity index is 1.41. The van der Waals surface area contributed by atoms with Crippen LogP contribution in [0.15, 0.2) is 6.33 Å². The van der Waals surface area contributed by atoms with Gasteiger partial charge in [-0.2, -0.15) is 0 Å². The Labute approximate surface area is 164 Å². The zero-order valence-corrected chi connectivity index (χ0v) is 17.2. The van der Waals surface area contributed by atoms with E-state index in [1.165, 1.54) is 15.8 Å². The highest BCUT2D eigenvalue weighted by molar-refractivity contribution is 7.18. The average molecular weight is 388 g/mol. The molecular weight excluding hydrogens is 358 g/mol. The third-order valence-corrected chi connectivity index (χ3v) is 7.38. The van der Waals surface area contributed by atoms with Crippen molar-refractivity contribution >= 4 is 33.3 Å². The van der Waals surface area contributed by atoms with Crippen molar-refractivity contribution in [3.05, 3.63) is 16.8 Å². The number of piperidine rings is 2. The van der Waals surface area contributed by atoms with Gasteiger partial charge in [0.05, 0.1) is 5.39 Å². The van der Waals surface area contributed by atoms with E-state index in [1.54, 1.807) is 17.7 Å². The third kappa shape index (κ3) is 3.67. The molecule has 6 nitrogen and oxygen atoms in total. The number of amides is 1. The number of nitrogens with one attached hydrogen (secondary N) is 2. The van der Waals surface area contributed by atoms with Gasteiger partial charge in [0, 0.05) is 36.5 Å². The maximum absolute atomic E-state index is 12.7. The highest BCUT2D eigenvalue weighted by Gasteiger charge is 2.30. The van der Waals surface area contributed by atoms with Crippen LogP contribution in [0.2, 0.25) is 0 Å². The number of anilines is 1. The van der Waals surface area contributed by atoms with Crippen molar-refractivity contribution in [1.29, 1.82) is 0 Å². The lowest BCUT2D eigenvalue weighted by molar-refractivity contribution is -0.126. The Morgan fingerprint density at radius 3 is 2.78 bits per heavy atom. The highest BCUT2D eigenvalue weighted by atomic mass is 32.1. The van der Waals surface area contributed by atoms with Crippen LogP contribution in [0, 0.1) is 25.7 Å². The number of hydrogen-bond acceptors (Lipinski definition) is 6. The summed E-state index contributed by atoms with van der Waals surface area (Å²) < 4.78 is 0. The van der Waals surface area contributed by atoms with Crippen LogP contribution in [0.3, 0.4) is 0 Å². The Hall–Kier alpha value is -1.73. The van der Waals surface area contributed by atoms with Crippen molar-refractivity contribution in [2.45, 2.75) is 46.1 Å². The maximum Gasteiger partial charge on any atom is 0.223 e. The summed E-state index contributed by atoms with van der Waals surface area (Å²) in [7, 11) is 0. The van der Waals surface area contributed by atoms with Gasteiger partial charge >= 0.3 is 0 Å². The normalized spacial score (nSPS) is 24.3. The van der Waals surface area contributed by atoms with Crippen LogP contribution in [0.1, 0.15) is 36.6 Å². The first-order valence-electron chi connectivity index (χ1n) is 10.0. The van der Waals surface area contributed by atoms with E-state index in [0.29, 0.717) is 5.92 Å². The summed E-state index contributed by atoms with van der Waals surface area (Å²) in [5, 5.41) is 7.87. The summed E-state index contributed by atoms with van der Waals surface area (Å²) in [5.41, 5.74) is 1.28. The van der Waals surface area contributed by atoms with E-state index in [-0.39, 0.29) is 17.9 Å². The van der Waals surface area contributed by atoms with Crippen LogP contribution >= 0.6 is 11.3 Å². The number of nitrogens with zero attached hydrogens (tertiary/aromatic N) is 3. The molecule has 4 heterocycles. The minimum Gasteiger partial charge on any atom is -0.356 e. The van der Waals surface area contributed by atoms with Crippen LogP contribution in [-0.2, 0) is 4.79 Å². The van der Waals surface area contributed by atoms with E-state index in [0.717, 1.165) is 56.1 Å². The zero-order chi connectivity index (χ0) is 19.0. The molecule has 0 radical (unpaired) electrons. The van der Waals surface area contributed by atoms with Crippen molar-refractivity contribution in [3.63, 3.8) is 0 Å². The third-order valence-electron chi connectivity index (χ3n) is 6.27. The molecule has 2 unspecified atom stereocenters. The number of hydrogen-bond donors (Lipinski definition) is 2. The second-order valence-corrected chi connectivity index (χ2v) is 9.21. The molecule has 2 aliphatic rings. The highest BCUT2D eigenvalue weighted by Crippen LogP contribution is 2.35. The first kappa shape index (κ1) is 18.6. The summed E-state index contributed by atoms with van der Waals surface area (Å²) in [6, 6.07) is 0.266. The number of carbonyl (C=O) groups excluding carboxylic acids is 1. The number of aryl methyl sites for hydroxylation is 2. The van der Waals surface area contributed by atoms with E-state index in [2.05, 4.69) is 46.3 Å². The molecule has 2 aromatic rings. The van der Waals surface area contributed by atoms with Gasteiger partial charge in [0.2, 0.25) is 5.91 Å². The van der Waals surface area contributed by atoms with Gasteiger partial charge in [-0.05, 0) is 51.1 Å². The van der Waals surface area contributed by atoms with Crippen LogP contribution in [0.25, 0.3) is 10.2 Å². The number of fused-ring (bicyclic) bond motifs is 1. The molecule has 146 valence electrons. The van der Waals surface area contributed by atoms with Crippen molar-refractivity contribution in [2.24, 2.45) is 11.8 Å². The molecule has 2 N–H and O–H groups in total. The molecule has 2 saturated heterocycles. The minimum absolute atomic E-state index is 0.109. The molecule has 27 heavy (non-hydrogen) atoms. The van der Waals surface area contributed by atoms with Crippen LogP contribution in [-0.4, -0.2) is 48.1 Å². The summed E-state index contributed by atoms with van der Waals surface area (Å²) in [6.45, 7) is 10.2. The van der Waals surface area contributed by atoms with Gasteiger partial charge < -0.3 is 15.5 Å². The van der Waals surface area contributed by atoms with Crippen LogP contribution in [0.5, 0.6) is 0 Å². The van der Waals surface area contributed by atoms with E-state index >= 15 is 0 Å². The first-order valence-corrected chi connectivity index (χ1v) is 10.8. The number of aromatic nitrogens is 2. The molecular formula is C20H29N5OS. The van der Waals surface area contributed by atoms with Crippen LogP contribution < -0.4 is 15.5 Å². The topological polar surface area (TPSA) is 70.2 Å². The zero-order valence-electron chi connectivity index (χ0n) is 16.4. The molecule has 7 heteroatoms. The summed E-state index contributed by atoms with van der Waals surface area (Å²) in [5.74, 6) is 1.92. The van der Waals surface area contributed by atoms with Gasteiger partial charge in [-0.3, -0.25) is 4.79 Å². The van der Waals surface area contributed by atoms with E-state index in [4.69, 9.17) is 0 Å². The Kier molecular flexibility index (Phi) is 5.32. The molecule has 0 bridgehead atoms. The summed E-state index contributed by atoms with van der Waals surface area (Å²) >= 11 is 1.73. The molecule has 0 saturated carbocycles. The largest absolute Gasteiger partial charge is 0.356 e. The summed E-state index contributed by atoms with van der Waals surface area (Å²) in [6.07, 6.45) is 4.57. The van der Waals surface area contributed by atoms with Gasteiger partial charge in [-0.15, -0.1) is 11.3 Å². The van der Waals surface area contributed by atoms with Gasteiger partial charge in [0.25, 0.3) is 0 Å². The fourth-order valence-electron chi connectivity index (χ4n) is 4.24. The molecule has 2 aromatic heterocycles. The number of thiophene rings is 1. The van der Waals surface area contributed by atoms with Crippen molar-refractivity contribution < 1.29 is 4.79 Å². The predicted octanol–water partition coefficient (Wildman–Crippen LogP) is 2.64. The minimum atomic E-state index is 0.109. The number of carbonyl (C=O) groups is 1. The Morgan fingerprint density at radius 2 is 2.04 bits per heavy atom. The van der Waals surface area contributed by atoms with Crippen molar-refractivity contribution in [1.82, 2.24) is 20.6 Å². The van der Waals surface area contributed by atoms with E-state index in [1.807, 2.05) is 0 Å². The van der Waals surface area contributed by atoms with Gasteiger partial charge in [-0.25, -0.2) is 9.97 Å². The average Bonchev–Trinajstić information content (AvgIpc) is 2.98. The maximum atomic E-state index is 12.7. The SMILES string of the molecule is Cc1sc2ncnc(N3CCC(C(=O)NC4CNCCC4C)CC3)c2c1C. The lowest BCUT2D eigenvalue weighted by Gasteiger charge is -2.35. The molecule has 1 amide bonds. The van der Waals surface area contributed by atoms with Crippen LogP contribution in [0.4, 0.5) is 5.82 Å². The summed E-state index contributed by atoms with van der Waals surface area (Å²) in [4.78, 5) is 26.5. The molecule has 4 rings (SSSR count). The molecule has 0 aromatic carbocycles. The van der Waals surface area contributed by atoms with Crippen molar-refractivity contribution in [3.8, 4) is 0 Å². The smallest absolute Gasteiger partial charge is 0.223 e. The fourth-order valence-corrected chi connectivity index (χ4v) is 5.23. The monoisotopic (exact) mass is 387 g/mol. The second kappa shape index (κ2) is 7.72.